The summed E-state index contributed by atoms with van der Waals surface area (Å²) in [5.74, 6) is -0.204. The third-order valence-electron chi connectivity index (χ3n) is 2.65. The monoisotopic (exact) mass is 307 g/mol. The molecule has 0 saturated heterocycles. The van der Waals surface area contributed by atoms with Crippen LogP contribution in [0.25, 0.3) is 0 Å². The summed E-state index contributed by atoms with van der Waals surface area (Å²) in [5, 5.41) is 2.80. The highest BCUT2D eigenvalue weighted by Gasteiger charge is 2.16. The van der Waals surface area contributed by atoms with Crippen molar-refractivity contribution in [3.8, 4) is 0 Å². The second kappa shape index (κ2) is 7.45. The zero-order valence-corrected chi connectivity index (χ0v) is 13.2. The molecule has 0 N–H and O–H groups in total. The molecule has 1 unspecified atom stereocenters. The molecule has 0 aliphatic rings. The van der Waals surface area contributed by atoms with E-state index in [1.54, 1.807) is 11.3 Å². The molecule has 0 saturated carbocycles. The maximum absolute atomic E-state index is 11.9. The van der Waals surface area contributed by atoms with Crippen molar-refractivity contribution in [2.75, 3.05) is 0 Å². The highest BCUT2D eigenvalue weighted by molar-refractivity contribution is 8.00. The summed E-state index contributed by atoms with van der Waals surface area (Å²) < 4.78 is 5.30. The number of carbonyl (C=O) groups excluding carboxylic acids is 1. The van der Waals surface area contributed by atoms with E-state index in [-0.39, 0.29) is 17.8 Å². The van der Waals surface area contributed by atoms with Gasteiger partial charge < -0.3 is 4.74 Å². The van der Waals surface area contributed by atoms with Crippen LogP contribution in [0, 0.1) is 0 Å². The van der Waals surface area contributed by atoms with E-state index in [4.69, 9.17) is 4.74 Å². The molecule has 2 rings (SSSR count). The maximum Gasteiger partial charge on any atom is 0.319 e. The lowest BCUT2D eigenvalue weighted by molar-refractivity contribution is -0.144. The number of hydrogen-bond acceptors (Lipinski definition) is 5. The van der Waals surface area contributed by atoms with Crippen molar-refractivity contribution in [3.63, 3.8) is 0 Å². The minimum atomic E-state index is -0.221. The molecule has 1 heterocycles. The Morgan fingerprint density at radius 2 is 2.15 bits per heavy atom. The summed E-state index contributed by atoms with van der Waals surface area (Å²) >= 11 is 3.11. The summed E-state index contributed by atoms with van der Waals surface area (Å²) in [7, 11) is 0. The van der Waals surface area contributed by atoms with Crippen LogP contribution in [-0.4, -0.2) is 16.2 Å². The smallest absolute Gasteiger partial charge is 0.319 e. The van der Waals surface area contributed by atoms with Crippen LogP contribution in [0.15, 0.2) is 40.6 Å². The van der Waals surface area contributed by atoms with Gasteiger partial charge in [-0.1, -0.05) is 25.1 Å². The van der Waals surface area contributed by atoms with Gasteiger partial charge in [0.15, 0.2) is 0 Å². The number of aromatic nitrogens is 1. The van der Waals surface area contributed by atoms with Crippen molar-refractivity contribution in [3.05, 3.63) is 46.4 Å². The number of nitrogens with zero attached hydrogens (tertiary/aromatic N) is 1. The van der Waals surface area contributed by atoms with Gasteiger partial charge in [0.1, 0.15) is 11.9 Å². The minimum absolute atomic E-state index is 0.204. The summed E-state index contributed by atoms with van der Waals surface area (Å²) in [6.45, 7) is 4.18. The molecular weight excluding hydrogens is 290 g/mol. The summed E-state index contributed by atoms with van der Waals surface area (Å²) in [4.78, 5) is 17.4. The zero-order chi connectivity index (χ0) is 14.4. The third kappa shape index (κ3) is 4.35. The van der Waals surface area contributed by atoms with Gasteiger partial charge in [0.2, 0.25) is 0 Å². The number of ether oxygens (including phenoxy) is 1. The van der Waals surface area contributed by atoms with Crippen LogP contribution in [0.2, 0.25) is 0 Å². The molecule has 0 radical (unpaired) electrons. The number of thioether (sulfide) groups is 1. The topological polar surface area (TPSA) is 39.2 Å². The van der Waals surface area contributed by atoms with Crippen LogP contribution < -0.4 is 0 Å². The van der Waals surface area contributed by atoms with Crippen LogP contribution in [0.5, 0.6) is 0 Å². The first-order valence-electron chi connectivity index (χ1n) is 6.50. The quantitative estimate of drug-likeness (QED) is 0.599. The van der Waals surface area contributed by atoms with Gasteiger partial charge >= 0.3 is 5.97 Å². The van der Waals surface area contributed by atoms with Crippen LogP contribution in [0.3, 0.4) is 0 Å². The fourth-order valence-electron chi connectivity index (χ4n) is 1.59. The average molecular weight is 307 g/mol. The van der Waals surface area contributed by atoms with E-state index >= 15 is 0 Å². The van der Waals surface area contributed by atoms with Gasteiger partial charge in [-0.3, -0.25) is 4.79 Å². The third-order valence-corrected chi connectivity index (χ3v) is 4.78. The molecule has 2 aromatic rings. The Morgan fingerprint density at radius 3 is 2.80 bits per heavy atom. The van der Waals surface area contributed by atoms with Crippen molar-refractivity contribution in [1.29, 1.82) is 0 Å². The Labute approximate surface area is 127 Å². The largest absolute Gasteiger partial charge is 0.458 e. The van der Waals surface area contributed by atoms with Gasteiger partial charge in [0, 0.05) is 10.3 Å². The lowest BCUT2D eigenvalue weighted by Crippen LogP contribution is -2.16. The highest BCUT2D eigenvalue weighted by atomic mass is 32.2. The highest BCUT2D eigenvalue weighted by Crippen LogP contribution is 2.23. The van der Waals surface area contributed by atoms with Gasteiger partial charge in [-0.05, 0) is 25.5 Å². The number of hydrogen-bond donors (Lipinski definition) is 0. The molecule has 20 heavy (non-hydrogen) atoms. The Hall–Kier alpha value is -1.33. The Kier molecular flexibility index (Phi) is 5.61. The normalized spacial score (nSPS) is 12.1. The van der Waals surface area contributed by atoms with Crippen molar-refractivity contribution < 1.29 is 9.53 Å². The number of thiazole rings is 1. The zero-order valence-electron chi connectivity index (χ0n) is 11.5. The SMILES string of the molecule is CCc1nc(COC(=O)C(C)Sc2ccccc2)cs1. The summed E-state index contributed by atoms with van der Waals surface area (Å²) in [6.07, 6.45) is 0.916. The van der Waals surface area contributed by atoms with Crippen molar-refractivity contribution >= 4 is 29.1 Å². The molecule has 3 nitrogen and oxygen atoms in total. The van der Waals surface area contributed by atoms with Crippen LogP contribution in [-0.2, 0) is 22.6 Å². The second-order valence-electron chi connectivity index (χ2n) is 4.27. The molecule has 0 amide bonds. The van der Waals surface area contributed by atoms with Crippen LogP contribution >= 0.6 is 23.1 Å². The maximum atomic E-state index is 11.9. The Morgan fingerprint density at radius 1 is 1.40 bits per heavy atom. The van der Waals surface area contributed by atoms with E-state index in [9.17, 15) is 4.79 Å². The molecule has 0 aliphatic heterocycles. The van der Waals surface area contributed by atoms with Crippen LogP contribution in [0.4, 0.5) is 0 Å². The molecule has 0 bridgehead atoms. The standard InChI is InChI=1S/C15H17NO2S2/c1-3-14-16-12(10-19-14)9-18-15(17)11(2)20-13-7-5-4-6-8-13/h4-8,10-11H,3,9H2,1-2H3. The predicted octanol–water partition coefficient (Wildman–Crippen LogP) is 3.93. The number of benzene rings is 1. The Bertz CT molecular complexity index is 554. The van der Waals surface area contributed by atoms with Gasteiger partial charge in [-0.15, -0.1) is 23.1 Å². The molecule has 5 heteroatoms. The molecule has 1 aromatic carbocycles. The second-order valence-corrected chi connectivity index (χ2v) is 6.62. The van der Waals surface area contributed by atoms with Gasteiger partial charge in [0.05, 0.1) is 10.7 Å². The molecular formula is C15H17NO2S2. The first-order valence-corrected chi connectivity index (χ1v) is 8.26. The summed E-state index contributed by atoms with van der Waals surface area (Å²) in [5.41, 5.74) is 0.831. The first-order chi connectivity index (χ1) is 9.69. The number of aryl methyl sites for hydroxylation is 1. The van der Waals surface area contributed by atoms with Crippen molar-refractivity contribution in [2.24, 2.45) is 0 Å². The van der Waals surface area contributed by atoms with E-state index in [0.717, 1.165) is 22.0 Å². The fraction of sp³-hybridized carbons (Fsp3) is 0.333. The molecule has 0 aliphatic carbocycles. The summed E-state index contributed by atoms with van der Waals surface area (Å²) in [6, 6.07) is 9.86. The number of esters is 1. The Balaban J connectivity index is 1.82. The number of rotatable bonds is 6. The predicted molar refractivity (Wildman–Crippen MR) is 83.0 cm³/mol. The molecule has 0 fully saturated rings. The lowest BCUT2D eigenvalue weighted by atomic mass is 10.4. The average Bonchev–Trinajstić information content (AvgIpc) is 2.93. The van der Waals surface area contributed by atoms with E-state index in [0.29, 0.717) is 0 Å². The van der Waals surface area contributed by atoms with Gasteiger partial charge in [-0.2, -0.15) is 0 Å². The van der Waals surface area contributed by atoms with Gasteiger partial charge in [-0.25, -0.2) is 4.98 Å². The van der Waals surface area contributed by atoms with E-state index in [1.807, 2.05) is 42.6 Å². The molecule has 0 spiro atoms. The minimum Gasteiger partial charge on any atom is -0.458 e. The molecule has 106 valence electrons. The van der Waals surface area contributed by atoms with Crippen molar-refractivity contribution in [1.82, 2.24) is 4.98 Å². The molecule has 1 atom stereocenters. The van der Waals surface area contributed by atoms with E-state index in [1.165, 1.54) is 11.8 Å². The van der Waals surface area contributed by atoms with Crippen LogP contribution in [0.1, 0.15) is 24.5 Å². The lowest BCUT2D eigenvalue weighted by Gasteiger charge is -2.10. The fourth-order valence-corrected chi connectivity index (χ4v) is 3.21. The number of carbonyl (C=O) groups is 1. The first kappa shape index (κ1) is 15.1. The van der Waals surface area contributed by atoms with Crippen molar-refractivity contribution in [2.45, 2.75) is 37.0 Å². The van der Waals surface area contributed by atoms with E-state index in [2.05, 4.69) is 11.9 Å². The molecule has 1 aromatic heterocycles. The van der Waals surface area contributed by atoms with Gasteiger partial charge in [0.25, 0.3) is 0 Å². The van der Waals surface area contributed by atoms with E-state index < -0.39 is 0 Å².